The summed E-state index contributed by atoms with van der Waals surface area (Å²) in [7, 11) is 0. The first-order chi connectivity index (χ1) is 16.2. The fourth-order valence-electron chi connectivity index (χ4n) is 3.94. The fourth-order valence-corrected chi connectivity index (χ4v) is 5.34. The van der Waals surface area contributed by atoms with Crippen molar-refractivity contribution >= 4 is 46.6 Å². The lowest BCUT2D eigenvalue weighted by Crippen LogP contribution is -2.39. The zero-order chi connectivity index (χ0) is 24.6. The summed E-state index contributed by atoms with van der Waals surface area (Å²) in [6.07, 6.45) is 1.71. The van der Waals surface area contributed by atoms with E-state index in [4.69, 9.17) is 27.9 Å². The standard InChI is InChI=1S/C26H24Cl2N2O3S/c1-5-33-25(32)21-15(4)29-26-30(23(21)17-11-9-16(10-12-17)14(2)3)24(31)20(34-26)13-18-7-6-8-19(27)22(18)28/h6-14,23H,5H2,1-4H3/b20-13+. The zero-order valence-electron chi connectivity index (χ0n) is 19.3. The lowest BCUT2D eigenvalue weighted by Gasteiger charge is -2.25. The average Bonchev–Trinajstić information content (AvgIpc) is 3.10. The number of fused-ring (bicyclic) bond motifs is 1. The number of esters is 1. The van der Waals surface area contributed by atoms with Gasteiger partial charge in [-0.1, -0.05) is 84.8 Å². The van der Waals surface area contributed by atoms with E-state index in [-0.39, 0.29) is 12.2 Å². The normalized spacial score (nSPS) is 16.0. The van der Waals surface area contributed by atoms with Gasteiger partial charge in [0.05, 0.1) is 38.5 Å². The molecule has 8 heteroatoms. The van der Waals surface area contributed by atoms with E-state index in [2.05, 4.69) is 18.8 Å². The quantitative estimate of drug-likeness (QED) is 0.438. The molecule has 34 heavy (non-hydrogen) atoms. The average molecular weight is 515 g/mol. The highest BCUT2D eigenvalue weighted by Crippen LogP contribution is 2.32. The van der Waals surface area contributed by atoms with E-state index in [9.17, 15) is 9.59 Å². The number of rotatable bonds is 5. The summed E-state index contributed by atoms with van der Waals surface area (Å²) in [6.45, 7) is 7.99. The molecule has 1 atom stereocenters. The van der Waals surface area contributed by atoms with Crippen LogP contribution in [0.4, 0.5) is 0 Å². The Balaban J connectivity index is 1.95. The Bertz CT molecular complexity index is 1470. The van der Waals surface area contributed by atoms with Gasteiger partial charge in [-0.25, -0.2) is 9.79 Å². The number of carbonyl (C=O) groups is 1. The smallest absolute Gasteiger partial charge is 0.338 e. The van der Waals surface area contributed by atoms with Gasteiger partial charge in [0.15, 0.2) is 4.80 Å². The van der Waals surface area contributed by atoms with Crippen LogP contribution in [0.2, 0.25) is 10.0 Å². The Kier molecular flexibility index (Phi) is 7.12. The van der Waals surface area contributed by atoms with E-state index in [1.54, 1.807) is 42.7 Å². The maximum Gasteiger partial charge on any atom is 0.338 e. The number of ether oxygens (including phenoxy) is 1. The second-order valence-corrected chi connectivity index (χ2v) is 10.1. The Labute approximate surface area is 211 Å². The predicted octanol–water partition coefficient (Wildman–Crippen LogP) is 5.23. The highest BCUT2D eigenvalue weighted by atomic mass is 35.5. The predicted molar refractivity (Wildman–Crippen MR) is 137 cm³/mol. The number of benzene rings is 2. The van der Waals surface area contributed by atoms with Crippen molar-refractivity contribution in [3.8, 4) is 0 Å². The number of hydrogen-bond donors (Lipinski definition) is 0. The summed E-state index contributed by atoms with van der Waals surface area (Å²) in [5.41, 5.74) is 3.26. The molecule has 0 N–H and O–H groups in total. The van der Waals surface area contributed by atoms with Crippen molar-refractivity contribution < 1.29 is 9.53 Å². The molecule has 2 heterocycles. The first-order valence-electron chi connectivity index (χ1n) is 11.0. The molecule has 0 saturated carbocycles. The summed E-state index contributed by atoms with van der Waals surface area (Å²) in [4.78, 5) is 31.7. The van der Waals surface area contributed by atoms with Crippen LogP contribution in [0.3, 0.4) is 0 Å². The molecule has 176 valence electrons. The number of aromatic nitrogens is 1. The minimum Gasteiger partial charge on any atom is -0.463 e. The van der Waals surface area contributed by atoms with Crippen LogP contribution in [0.15, 0.2) is 63.5 Å². The van der Waals surface area contributed by atoms with Gasteiger partial charge in [-0.2, -0.15) is 0 Å². The van der Waals surface area contributed by atoms with Gasteiger partial charge < -0.3 is 4.74 Å². The Morgan fingerprint density at radius 3 is 2.56 bits per heavy atom. The number of hydrogen-bond acceptors (Lipinski definition) is 5. The lowest BCUT2D eigenvalue weighted by atomic mass is 9.93. The van der Waals surface area contributed by atoms with Gasteiger partial charge in [-0.15, -0.1) is 0 Å². The molecule has 3 aromatic rings. The molecule has 1 aliphatic heterocycles. The van der Waals surface area contributed by atoms with Gasteiger partial charge in [-0.05, 0) is 48.6 Å². The van der Waals surface area contributed by atoms with Crippen molar-refractivity contribution in [2.45, 2.75) is 39.7 Å². The summed E-state index contributed by atoms with van der Waals surface area (Å²) in [5.74, 6) is -0.117. The molecule has 1 aliphatic rings. The molecule has 0 bridgehead atoms. The van der Waals surface area contributed by atoms with Crippen LogP contribution in [-0.4, -0.2) is 17.1 Å². The second kappa shape index (κ2) is 9.90. The lowest BCUT2D eigenvalue weighted by molar-refractivity contribution is -0.139. The van der Waals surface area contributed by atoms with Crippen LogP contribution in [0, 0.1) is 0 Å². The molecule has 1 unspecified atom stereocenters. The van der Waals surface area contributed by atoms with Crippen LogP contribution in [0.25, 0.3) is 6.08 Å². The Hall–Kier alpha value is -2.67. The summed E-state index contributed by atoms with van der Waals surface area (Å²) in [6, 6.07) is 12.6. The number of thiazole rings is 1. The van der Waals surface area contributed by atoms with E-state index in [0.717, 1.165) is 5.56 Å². The maximum atomic E-state index is 13.6. The highest BCUT2D eigenvalue weighted by Gasteiger charge is 2.33. The van der Waals surface area contributed by atoms with Gasteiger partial charge in [-0.3, -0.25) is 9.36 Å². The van der Waals surface area contributed by atoms with Crippen LogP contribution in [-0.2, 0) is 9.53 Å². The van der Waals surface area contributed by atoms with Crippen molar-refractivity contribution in [2.75, 3.05) is 6.61 Å². The van der Waals surface area contributed by atoms with E-state index in [0.29, 0.717) is 42.1 Å². The molecule has 0 radical (unpaired) electrons. The fraction of sp³-hybridized carbons (Fsp3) is 0.269. The third kappa shape index (κ3) is 4.50. The third-order valence-corrected chi connectivity index (χ3v) is 7.52. The van der Waals surface area contributed by atoms with Crippen molar-refractivity contribution in [1.82, 2.24) is 4.57 Å². The van der Waals surface area contributed by atoms with Gasteiger partial charge in [0, 0.05) is 0 Å². The summed E-state index contributed by atoms with van der Waals surface area (Å²) in [5, 5.41) is 0.783. The van der Waals surface area contributed by atoms with E-state index < -0.39 is 12.0 Å². The van der Waals surface area contributed by atoms with E-state index >= 15 is 0 Å². The van der Waals surface area contributed by atoms with Gasteiger partial charge in [0.1, 0.15) is 0 Å². The highest BCUT2D eigenvalue weighted by molar-refractivity contribution is 7.07. The Morgan fingerprint density at radius 1 is 1.21 bits per heavy atom. The van der Waals surface area contributed by atoms with Crippen molar-refractivity contribution in [3.05, 3.63) is 100 Å². The van der Waals surface area contributed by atoms with Crippen molar-refractivity contribution in [2.24, 2.45) is 4.99 Å². The van der Waals surface area contributed by atoms with Crippen molar-refractivity contribution in [3.63, 3.8) is 0 Å². The number of nitrogens with zero attached hydrogens (tertiary/aromatic N) is 2. The molecule has 0 amide bonds. The number of allylic oxidation sites excluding steroid dienone is 1. The van der Waals surface area contributed by atoms with E-state index in [1.165, 1.54) is 16.9 Å². The minimum atomic E-state index is -0.645. The van der Waals surface area contributed by atoms with Gasteiger partial charge >= 0.3 is 5.97 Å². The number of carbonyl (C=O) groups excluding carboxylic acids is 1. The molecule has 0 spiro atoms. The Morgan fingerprint density at radius 2 is 1.91 bits per heavy atom. The first-order valence-corrected chi connectivity index (χ1v) is 12.5. The zero-order valence-corrected chi connectivity index (χ0v) is 21.6. The molecule has 4 rings (SSSR count). The van der Waals surface area contributed by atoms with Crippen LogP contribution < -0.4 is 14.9 Å². The van der Waals surface area contributed by atoms with E-state index in [1.807, 2.05) is 24.3 Å². The molecule has 5 nitrogen and oxygen atoms in total. The largest absolute Gasteiger partial charge is 0.463 e. The van der Waals surface area contributed by atoms with Crippen LogP contribution in [0.5, 0.6) is 0 Å². The van der Waals surface area contributed by atoms with Crippen LogP contribution >= 0.6 is 34.5 Å². The molecule has 0 aliphatic carbocycles. The summed E-state index contributed by atoms with van der Waals surface area (Å²) >= 11 is 13.8. The molecular weight excluding hydrogens is 491 g/mol. The van der Waals surface area contributed by atoms with Gasteiger partial charge in [0.25, 0.3) is 5.56 Å². The number of halogens is 2. The monoisotopic (exact) mass is 514 g/mol. The summed E-state index contributed by atoms with van der Waals surface area (Å²) < 4.78 is 7.36. The molecule has 1 aromatic heterocycles. The molecule has 0 saturated heterocycles. The molecule has 0 fully saturated rings. The minimum absolute atomic E-state index is 0.228. The topological polar surface area (TPSA) is 60.7 Å². The van der Waals surface area contributed by atoms with Crippen molar-refractivity contribution in [1.29, 1.82) is 0 Å². The SMILES string of the molecule is CCOC(=O)C1=C(C)N=c2s/c(=C/c3cccc(Cl)c3Cl)c(=O)n2C1c1ccc(C(C)C)cc1. The van der Waals surface area contributed by atoms with Crippen LogP contribution in [0.1, 0.15) is 56.3 Å². The first kappa shape index (κ1) is 24.5. The third-order valence-electron chi connectivity index (χ3n) is 5.70. The second-order valence-electron chi connectivity index (χ2n) is 8.27. The maximum absolute atomic E-state index is 13.6. The molecular formula is C26H24Cl2N2O3S. The molecule has 2 aromatic carbocycles. The van der Waals surface area contributed by atoms with Gasteiger partial charge in [0.2, 0.25) is 0 Å².